The number of alkyl halides is 2. The van der Waals surface area contributed by atoms with Crippen molar-refractivity contribution in [1.29, 1.82) is 5.26 Å². The number of aromatic nitrogens is 2. The Labute approximate surface area is 149 Å². The number of nitrogens with zero attached hydrogens (tertiary/aromatic N) is 3. The molecule has 7 heteroatoms. The summed E-state index contributed by atoms with van der Waals surface area (Å²) in [6.45, 7) is 0. The van der Waals surface area contributed by atoms with Crippen LogP contribution in [0.2, 0.25) is 0 Å². The van der Waals surface area contributed by atoms with Gasteiger partial charge in [0.15, 0.2) is 0 Å². The summed E-state index contributed by atoms with van der Waals surface area (Å²) in [6, 6.07) is 10.4. The van der Waals surface area contributed by atoms with E-state index in [4.69, 9.17) is 5.26 Å². The number of anilines is 1. The molecule has 2 saturated carbocycles. The van der Waals surface area contributed by atoms with Gasteiger partial charge in [0.05, 0.1) is 28.9 Å². The molecule has 5 nitrogen and oxygen atoms in total. The largest absolute Gasteiger partial charge is 0.311 e. The normalized spacial score (nSPS) is 25.8. The summed E-state index contributed by atoms with van der Waals surface area (Å²) in [5.41, 5.74) is 0.0360. The Bertz CT molecular complexity index is 884. The molecule has 1 amide bonds. The Morgan fingerprint density at radius 1 is 1.31 bits per heavy atom. The van der Waals surface area contributed by atoms with Gasteiger partial charge in [-0.3, -0.25) is 4.79 Å². The molecule has 1 aromatic heterocycles. The van der Waals surface area contributed by atoms with Crippen LogP contribution in [0.5, 0.6) is 0 Å². The molecule has 1 aromatic carbocycles. The van der Waals surface area contributed by atoms with E-state index in [1.807, 2.05) is 6.07 Å². The van der Waals surface area contributed by atoms with Crippen LogP contribution in [0.4, 0.5) is 14.6 Å². The van der Waals surface area contributed by atoms with Crippen molar-refractivity contribution in [2.75, 3.05) is 5.32 Å². The van der Waals surface area contributed by atoms with E-state index in [1.165, 1.54) is 10.9 Å². The molecule has 4 rings (SSSR count). The van der Waals surface area contributed by atoms with E-state index in [1.54, 1.807) is 30.3 Å². The third-order valence-electron chi connectivity index (χ3n) is 5.68. The van der Waals surface area contributed by atoms with Gasteiger partial charge < -0.3 is 5.32 Å². The Kier molecular flexibility index (Phi) is 3.79. The first kappa shape index (κ1) is 16.7. The highest BCUT2D eigenvalue weighted by atomic mass is 19.3. The maximum Gasteiger partial charge on any atom is 0.258 e. The molecular weight excluding hydrogens is 338 g/mol. The number of halogens is 2. The van der Waals surface area contributed by atoms with Gasteiger partial charge in [-0.15, -0.1) is 0 Å². The first-order valence-corrected chi connectivity index (χ1v) is 8.70. The van der Waals surface area contributed by atoms with Crippen LogP contribution >= 0.6 is 0 Å². The minimum atomic E-state index is -2.73. The lowest BCUT2D eigenvalue weighted by atomic mass is 9.85. The summed E-state index contributed by atoms with van der Waals surface area (Å²) in [6.07, 6.45) is 3.85. The fourth-order valence-electron chi connectivity index (χ4n) is 4.26. The molecule has 2 unspecified atom stereocenters. The van der Waals surface area contributed by atoms with Crippen LogP contribution in [-0.4, -0.2) is 21.6 Å². The number of hydrogen-bond acceptors (Lipinski definition) is 3. The van der Waals surface area contributed by atoms with Crippen molar-refractivity contribution in [1.82, 2.24) is 9.78 Å². The molecule has 2 aliphatic carbocycles. The molecule has 2 fully saturated rings. The number of benzene rings is 1. The van der Waals surface area contributed by atoms with Crippen molar-refractivity contribution in [2.24, 2.45) is 11.3 Å². The number of carbonyl (C=O) groups is 1. The van der Waals surface area contributed by atoms with Crippen molar-refractivity contribution in [3.8, 4) is 11.8 Å². The summed E-state index contributed by atoms with van der Waals surface area (Å²) in [5.74, 6) is -3.37. The van der Waals surface area contributed by atoms with E-state index in [-0.39, 0.29) is 6.42 Å². The average Bonchev–Trinajstić information content (AvgIpc) is 2.94. The van der Waals surface area contributed by atoms with Crippen LogP contribution in [0.1, 0.15) is 37.7 Å². The Hall–Kier alpha value is -2.75. The predicted molar refractivity (Wildman–Crippen MR) is 90.9 cm³/mol. The Balaban J connectivity index is 1.49. The fourth-order valence-corrected chi connectivity index (χ4v) is 4.26. The maximum atomic E-state index is 14.2. The highest BCUT2D eigenvalue weighted by Crippen LogP contribution is 2.73. The first-order chi connectivity index (χ1) is 12.5. The quantitative estimate of drug-likeness (QED) is 0.903. The lowest BCUT2D eigenvalue weighted by molar-refractivity contribution is -0.118. The van der Waals surface area contributed by atoms with Gasteiger partial charge in [-0.25, -0.2) is 13.5 Å². The summed E-state index contributed by atoms with van der Waals surface area (Å²) in [5, 5.41) is 15.8. The minimum Gasteiger partial charge on any atom is -0.311 e. The van der Waals surface area contributed by atoms with Gasteiger partial charge >= 0.3 is 0 Å². The van der Waals surface area contributed by atoms with Crippen LogP contribution < -0.4 is 5.32 Å². The van der Waals surface area contributed by atoms with Crippen LogP contribution in [0, 0.1) is 22.7 Å². The number of nitrogens with one attached hydrogen (secondary N) is 1. The second-order valence-electron chi connectivity index (χ2n) is 7.09. The van der Waals surface area contributed by atoms with E-state index in [0.717, 1.165) is 12.8 Å². The van der Waals surface area contributed by atoms with Crippen LogP contribution in [0.25, 0.3) is 5.69 Å². The topological polar surface area (TPSA) is 70.7 Å². The van der Waals surface area contributed by atoms with Crippen LogP contribution in [-0.2, 0) is 4.79 Å². The van der Waals surface area contributed by atoms with Gasteiger partial charge in [-0.2, -0.15) is 10.4 Å². The third kappa shape index (κ3) is 2.48. The average molecular weight is 356 g/mol. The molecule has 2 aromatic rings. The summed E-state index contributed by atoms with van der Waals surface area (Å²) < 4.78 is 29.9. The van der Waals surface area contributed by atoms with E-state index in [2.05, 4.69) is 10.4 Å². The Morgan fingerprint density at radius 3 is 2.77 bits per heavy atom. The number of amides is 1. The van der Waals surface area contributed by atoms with Crippen LogP contribution in [0.3, 0.4) is 0 Å². The molecule has 1 N–H and O–H groups in total. The zero-order chi connectivity index (χ0) is 18.4. The third-order valence-corrected chi connectivity index (χ3v) is 5.68. The molecule has 0 aliphatic heterocycles. The second kappa shape index (κ2) is 5.90. The Morgan fingerprint density at radius 2 is 2.08 bits per heavy atom. The molecule has 26 heavy (non-hydrogen) atoms. The van der Waals surface area contributed by atoms with Gasteiger partial charge in [0.1, 0.15) is 5.82 Å². The molecule has 1 heterocycles. The minimum absolute atomic E-state index is 0.163. The van der Waals surface area contributed by atoms with Gasteiger partial charge in [0.25, 0.3) is 5.92 Å². The summed E-state index contributed by atoms with van der Waals surface area (Å²) in [7, 11) is 0. The first-order valence-electron chi connectivity index (χ1n) is 8.70. The van der Waals surface area contributed by atoms with Gasteiger partial charge in [-0.1, -0.05) is 12.8 Å². The molecule has 134 valence electrons. The molecule has 0 bridgehead atoms. The van der Waals surface area contributed by atoms with E-state index in [9.17, 15) is 13.6 Å². The van der Waals surface area contributed by atoms with Crippen molar-refractivity contribution in [3.05, 3.63) is 42.1 Å². The number of fused-ring (bicyclic) bond motifs is 1. The van der Waals surface area contributed by atoms with Crippen molar-refractivity contribution in [3.63, 3.8) is 0 Å². The number of nitriles is 1. The van der Waals surface area contributed by atoms with Crippen molar-refractivity contribution in [2.45, 2.75) is 38.0 Å². The van der Waals surface area contributed by atoms with Crippen LogP contribution in [0.15, 0.2) is 36.5 Å². The van der Waals surface area contributed by atoms with Gasteiger partial charge in [0.2, 0.25) is 5.91 Å². The number of rotatable bonds is 4. The molecule has 2 aliphatic rings. The monoisotopic (exact) mass is 356 g/mol. The summed E-state index contributed by atoms with van der Waals surface area (Å²) in [4.78, 5) is 12.5. The second-order valence-corrected chi connectivity index (χ2v) is 7.09. The van der Waals surface area contributed by atoms with E-state index < -0.39 is 23.2 Å². The van der Waals surface area contributed by atoms with E-state index >= 15 is 0 Å². The zero-order valence-electron chi connectivity index (χ0n) is 14.1. The number of hydrogen-bond donors (Lipinski definition) is 1. The number of carbonyl (C=O) groups excluding carboxylic acids is 1. The summed E-state index contributed by atoms with van der Waals surface area (Å²) >= 11 is 0. The predicted octanol–water partition coefficient (Wildman–Crippen LogP) is 3.90. The molecule has 0 radical (unpaired) electrons. The lowest BCUT2D eigenvalue weighted by Gasteiger charge is -2.20. The van der Waals surface area contributed by atoms with Crippen molar-refractivity contribution < 1.29 is 13.6 Å². The smallest absolute Gasteiger partial charge is 0.258 e. The highest BCUT2D eigenvalue weighted by Gasteiger charge is 2.80. The van der Waals surface area contributed by atoms with Crippen molar-refractivity contribution >= 4 is 11.7 Å². The molecule has 2 atom stereocenters. The fraction of sp³-hybridized carbons (Fsp3) is 0.421. The molecule has 0 spiro atoms. The maximum absolute atomic E-state index is 14.2. The highest BCUT2D eigenvalue weighted by molar-refractivity contribution is 5.91. The van der Waals surface area contributed by atoms with E-state index in [0.29, 0.717) is 29.9 Å². The standard InChI is InChI=1S/C19H18F2N4O/c20-19(21)15-3-1-2-9-18(15,19)11-17(26)24-16-8-10-23-25(16)14-6-4-13(12-22)5-7-14/h4-8,10,15H,1-3,9,11H2,(H,24,26). The van der Waals surface area contributed by atoms with Gasteiger partial charge in [-0.05, 0) is 37.1 Å². The zero-order valence-corrected chi connectivity index (χ0v) is 14.1. The van der Waals surface area contributed by atoms with Gasteiger partial charge in [0, 0.05) is 18.4 Å². The molecular formula is C19H18F2N4O. The lowest BCUT2D eigenvalue weighted by Crippen LogP contribution is -2.24. The SMILES string of the molecule is N#Cc1ccc(-n2nccc2NC(=O)CC23CCCCC2C3(F)F)cc1. The molecule has 0 saturated heterocycles.